The minimum absolute atomic E-state index is 0.0632. The van der Waals surface area contributed by atoms with Crippen molar-refractivity contribution in [1.29, 1.82) is 0 Å². The monoisotopic (exact) mass is 331 g/mol. The first-order chi connectivity index (χ1) is 11.1. The van der Waals surface area contributed by atoms with Crippen LogP contribution in [0.3, 0.4) is 0 Å². The van der Waals surface area contributed by atoms with E-state index in [1.165, 1.54) is 0 Å². The average Bonchev–Trinajstić information content (AvgIpc) is 2.55. The Bertz CT molecular complexity index is 730. The van der Waals surface area contributed by atoms with Crippen LogP contribution >= 0.6 is 11.6 Å². The Hall–Kier alpha value is -2.20. The number of halogens is 1. The van der Waals surface area contributed by atoms with E-state index in [9.17, 15) is 4.79 Å². The van der Waals surface area contributed by atoms with E-state index in [1.54, 1.807) is 0 Å². The number of hydrogen-bond acceptors (Lipinski definition) is 3. The second-order valence-electron chi connectivity index (χ2n) is 5.42. The summed E-state index contributed by atoms with van der Waals surface area (Å²) in [6, 6.07) is 11.3. The topological polar surface area (TPSA) is 47.6 Å². The normalized spacial score (nSPS) is 12.8. The molecule has 5 heteroatoms. The summed E-state index contributed by atoms with van der Waals surface area (Å²) in [7, 11) is 0. The van der Waals surface area contributed by atoms with E-state index in [4.69, 9.17) is 21.1 Å². The molecule has 0 spiro atoms. The van der Waals surface area contributed by atoms with Crippen molar-refractivity contribution in [2.45, 2.75) is 13.3 Å². The van der Waals surface area contributed by atoms with Gasteiger partial charge in [0.2, 0.25) is 0 Å². The van der Waals surface area contributed by atoms with Crippen molar-refractivity contribution in [2.75, 3.05) is 19.8 Å². The van der Waals surface area contributed by atoms with Gasteiger partial charge in [-0.25, -0.2) is 0 Å². The lowest BCUT2D eigenvalue weighted by atomic mass is 10.1. The molecule has 3 rings (SSSR count). The molecule has 0 fully saturated rings. The predicted octanol–water partition coefficient (Wildman–Crippen LogP) is 3.39. The number of ether oxygens (including phenoxy) is 2. The van der Waals surface area contributed by atoms with Gasteiger partial charge in [-0.3, -0.25) is 4.79 Å². The van der Waals surface area contributed by atoms with Crippen LogP contribution in [0.5, 0.6) is 11.5 Å². The molecule has 4 nitrogen and oxygen atoms in total. The van der Waals surface area contributed by atoms with Crippen LogP contribution in [0.25, 0.3) is 0 Å². The zero-order valence-electron chi connectivity index (χ0n) is 12.9. The Morgan fingerprint density at radius 2 is 2.00 bits per heavy atom. The van der Waals surface area contributed by atoms with Crippen molar-refractivity contribution in [3.8, 4) is 11.5 Å². The fraction of sp³-hybridized carbons (Fsp3) is 0.278. The Kier molecular flexibility index (Phi) is 4.72. The summed E-state index contributed by atoms with van der Waals surface area (Å²) < 4.78 is 11.1. The van der Waals surface area contributed by atoms with Gasteiger partial charge in [0.15, 0.2) is 11.5 Å². The molecule has 0 unspecified atom stereocenters. The molecule has 1 N–H and O–H groups in total. The average molecular weight is 332 g/mol. The molecule has 0 saturated heterocycles. The number of benzene rings is 2. The molecule has 0 aliphatic carbocycles. The van der Waals surface area contributed by atoms with E-state index in [-0.39, 0.29) is 5.91 Å². The van der Waals surface area contributed by atoms with Crippen molar-refractivity contribution < 1.29 is 14.3 Å². The highest BCUT2D eigenvalue weighted by Gasteiger charge is 2.16. The number of carbonyl (C=O) groups is 1. The number of fused-ring (bicyclic) bond motifs is 1. The molecule has 1 amide bonds. The van der Waals surface area contributed by atoms with E-state index < -0.39 is 0 Å². The van der Waals surface area contributed by atoms with Gasteiger partial charge in [0.1, 0.15) is 13.2 Å². The highest BCUT2D eigenvalue weighted by atomic mass is 35.5. The Morgan fingerprint density at radius 1 is 1.22 bits per heavy atom. The molecule has 0 atom stereocenters. The van der Waals surface area contributed by atoms with Gasteiger partial charge in [0.05, 0.1) is 5.02 Å². The quantitative estimate of drug-likeness (QED) is 0.934. The van der Waals surface area contributed by atoms with Gasteiger partial charge >= 0.3 is 0 Å². The van der Waals surface area contributed by atoms with Crippen LogP contribution in [0.4, 0.5) is 0 Å². The van der Waals surface area contributed by atoms with E-state index in [0.717, 1.165) is 11.1 Å². The van der Waals surface area contributed by atoms with Crippen LogP contribution in [0.2, 0.25) is 5.02 Å². The highest BCUT2D eigenvalue weighted by Crippen LogP contribution is 2.38. The van der Waals surface area contributed by atoms with Crippen LogP contribution in [0.1, 0.15) is 21.5 Å². The molecule has 23 heavy (non-hydrogen) atoms. The zero-order chi connectivity index (χ0) is 16.2. The van der Waals surface area contributed by atoms with E-state index in [0.29, 0.717) is 48.3 Å². The van der Waals surface area contributed by atoms with Crippen LogP contribution in [-0.4, -0.2) is 25.7 Å². The summed E-state index contributed by atoms with van der Waals surface area (Å²) in [4.78, 5) is 12.2. The predicted molar refractivity (Wildman–Crippen MR) is 89.7 cm³/mol. The molecule has 2 aromatic rings. The maximum absolute atomic E-state index is 12.2. The number of rotatable bonds is 4. The van der Waals surface area contributed by atoms with Crippen LogP contribution in [0.15, 0.2) is 36.4 Å². The van der Waals surface area contributed by atoms with Gasteiger partial charge < -0.3 is 14.8 Å². The molecule has 2 aromatic carbocycles. The first-order valence-electron chi connectivity index (χ1n) is 7.57. The van der Waals surface area contributed by atoms with E-state index >= 15 is 0 Å². The Labute approximate surface area is 140 Å². The summed E-state index contributed by atoms with van der Waals surface area (Å²) in [6.45, 7) is 3.49. The maximum atomic E-state index is 12.2. The smallest absolute Gasteiger partial charge is 0.251 e. The van der Waals surface area contributed by atoms with Crippen LogP contribution in [0, 0.1) is 6.92 Å². The summed E-state index contributed by atoms with van der Waals surface area (Å²) in [5, 5.41) is 3.48. The summed E-state index contributed by atoms with van der Waals surface area (Å²) >= 11 is 6.21. The van der Waals surface area contributed by atoms with E-state index in [2.05, 4.69) is 5.32 Å². The second kappa shape index (κ2) is 6.92. The number of aryl methyl sites for hydroxylation is 1. The molecule has 0 bridgehead atoms. The SMILES string of the molecule is Cc1ccccc1C(=O)NCCc1cc(Cl)c2c(c1)OCCO2. The van der Waals surface area contributed by atoms with Crippen molar-refractivity contribution >= 4 is 17.5 Å². The third-order valence-electron chi connectivity index (χ3n) is 3.75. The van der Waals surface area contributed by atoms with Crippen molar-refractivity contribution in [3.05, 3.63) is 58.1 Å². The van der Waals surface area contributed by atoms with Gasteiger partial charge in [0.25, 0.3) is 5.91 Å². The van der Waals surface area contributed by atoms with Crippen molar-refractivity contribution in [3.63, 3.8) is 0 Å². The van der Waals surface area contributed by atoms with Crippen molar-refractivity contribution in [2.24, 2.45) is 0 Å². The standard InChI is InChI=1S/C18H18ClNO3/c1-12-4-2-3-5-14(12)18(21)20-7-6-13-10-15(19)17-16(11-13)22-8-9-23-17/h2-5,10-11H,6-9H2,1H3,(H,20,21). The van der Waals surface area contributed by atoms with Gasteiger partial charge in [-0.2, -0.15) is 0 Å². The largest absolute Gasteiger partial charge is 0.486 e. The van der Waals surface area contributed by atoms with Crippen LogP contribution in [-0.2, 0) is 6.42 Å². The van der Waals surface area contributed by atoms with E-state index in [1.807, 2.05) is 43.3 Å². The fourth-order valence-electron chi connectivity index (χ4n) is 2.55. The number of amides is 1. The van der Waals surface area contributed by atoms with Crippen LogP contribution < -0.4 is 14.8 Å². The van der Waals surface area contributed by atoms with Gasteiger partial charge in [-0.15, -0.1) is 0 Å². The second-order valence-corrected chi connectivity index (χ2v) is 5.83. The Balaban J connectivity index is 1.62. The van der Waals surface area contributed by atoms with Gasteiger partial charge in [0, 0.05) is 12.1 Å². The third-order valence-corrected chi connectivity index (χ3v) is 4.03. The van der Waals surface area contributed by atoms with Gasteiger partial charge in [-0.1, -0.05) is 29.8 Å². The lowest BCUT2D eigenvalue weighted by molar-refractivity contribution is 0.0953. The maximum Gasteiger partial charge on any atom is 0.251 e. The zero-order valence-corrected chi connectivity index (χ0v) is 13.7. The lowest BCUT2D eigenvalue weighted by Gasteiger charge is -2.20. The fourth-order valence-corrected chi connectivity index (χ4v) is 2.84. The number of hydrogen-bond donors (Lipinski definition) is 1. The molecular formula is C18H18ClNO3. The molecule has 0 radical (unpaired) electrons. The molecule has 1 heterocycles. The minimum Gasteiger partial charge on any atom is -0.486 e. The first-order valence-corrected chi connectivity index (χ1v) is 7.95. The molecule has 0 aromatic heterocycles. The Morgan fingerprint density at radius 3 is 2.83 bits per heavy atom. The number of nitrogens with one attached hydrogen (secondary N) is 1. The molecule has 0 saturated carbocycles. The third kappa shape index (κ3) is 3.59. The van der Waals surface area contributed by atoms with Gasteiger partial charge in [-0.05, 0) is 42.7 Å². The molecular weight excluding hydrogens is 314 g/mol. The minimum atomic E-state index is -0.0632. The molecule has 1 aliphatic rings. The number of carbonyl (C=O) groups excluding carboxylic acids is 1. The lowest BCUT2D eigenvalue weighted by Crippen LogP contribution is -2.26. The summed E-state index contributed by atoms with van der Waals surface area (Å²) in [5.74, 6) is 1.21. The molecule has 1 aliphatic heterocycles. The van der Waals surface area contributed by atoms with Crippen molar-refractivity contribution in [1.82, 2.24) is 5.32 Å². The summed E-state index contributed by atoms with van der Waals surface area (Å²) in [5.41, 5.74) is 2.67. The highest BCUT2D eigenvalue weighted by molar-refractivity contribution is 6.32. The summed E-state index contributed by atoms with van der Waals surface area (Å²) in [6.07, 6.45) is 0.675. The first kappa shape index (κ1) is 15.7. The molecule has 120 valence electrons.